The number of anilines is 1. The summed E-state index contributed by atoms with van der Waals surface area (Å²) in [4.78, 5) is 24.7. The average molecular weight is 455 g/mol. The van der Waals surface area contributed by atoms with Crippen LogP contribution in [-0.2, 0) is 9.59 Å². The van der Waals surface area contributed by atoms with E-state index in [-0.39, 0.29) is 0 Å². The first-order valence-electron chi connectivity index (χ1n) is 11.0. The summed E-state index contributed by atoms with van der Waals surface area (Å²) in [5, 5.41) is 8.48. The molecule has 172 valence electrons. The number of nitrogens with zero attached hydrogens (tertiary/aromatic N) is 2. The van der Waals surface area contributed by atoms with Crippen molar-refractivity contribution in [3.05, 3.63) is 89.7 Å². The maximum absolute atomic E-state index is 12.4. The van der Waals surface area contributed by atoms with Gasteiger partial charge in [0, 0.05) is 33.7 Å². The van der Waals surface area contributed by atoms with E-state index in [4.69, 9.17) is 4.74 Å². The van der Waals surface area contributed by atoms with Crippen molar-refractivity contribution < 1.29 is 14.3 Å². The molecule has 0 fully saturated rings. The number of hydrogen-bond donors (Lipinski definition) is 2. The number of hydrogen-bond acceptors (Lipinski definition) is 4. The molecule has 1 heterocycles. The quantitative estimate of drug-likeness (QED) is 0.251. The molecule has 0 aliphatic heterocycles. The summed E-state index contributed by atoms with van der Waals surface area (Å²) in [5.74, 6) is -0.808. The molecular weight excluding hydrogens is 428 g/mol. The van der Waals surface area contributed by atoms with E-state index in [1.54, 1.807) is 6.07 Å². The molecule has 0 spiro atoms. The van der Waals surface area contributed by atoms with Crippen LogP contribution in [0.1, 0.15) is 23.9 Å². The molecule has 4 aromatic rings. The van der Waals surface area contributed by atoms with Gasteiger partial charge in [-0.15, -0.1) is 0 Å². The zero-order valence-electron chi connectivity index (χ0n) is 19.3. The van der Waals surface area contributed by atoms with Gasteiger partial charge in [-0.3, -0.25) is 9.59 Å². The van der Waals surface area contributed by atoms with E-state index in [9.17, 15) is 9.59 Å². The van der Waals surface area contributed by atoms with Crippen LogP contribution in [0.15, 0.2) is 77.9 Å². The van der Waals surface area contributed by atoms with Crippen LogP contribution in [0.2, 0.25) is 0 Å². The highest BCUT2D eigenvalue weighted by molar-refractivity contribution is 6.40. The Kier molecular flexibility index (Phi) is 6.73. The molecule has 0 bridgehead atoms. The fourth-order valence-corrected chi connectivity index (χ4v) is 3.90. The minimum absolute atomic E-state index is 0.570. The first-order valence-corrected chi connectivity index (χ1v) is 11.0. The minimum Gasteiger partial charge on any atom is -0.494 e. The largest absolute Gasteiger partial charge is 0.494 e. The highest BCUT2D eigenvalue weighted by atomic mass is 16.5. The van der Waals surface area contributed by atoms with Crippen molar-refractivity contribution in [3.8, 4) is 11.4 Å². The molecule has 0 saturated carbocycles. The molecule has 0 saturated heterocycles. The normalized spacial score (nSPS) is 11.0. The third kappa shape index (κ3) is 4.83. The predicted octanol–water partition coefficient (Wildman–Crippen LogP) is 4.73. The molecule has 7 nitrogen and oxygen atoms in total. The monoisotopic (exact) mass is 454 g/mol. The molecule has 7 heteroatoms. The van der Waals surface area contributed by atoms with Gasteiger partial charge in [-0.05, 0) is 62.6 Å². The maximum Gasteiger partial charge on any atom is 0.329 e. The van der Waals surface area contributed by atoms with E-state index in [0.29, 0.717) is 12.3 Å². The van der Waals surface area contributed by atoms with E-state index in [2.05, 4.69) is 20.4 Å². The Labute approximate surface area is 198 Å². The number of benzene rings is 3. The first-order chi connectivity index (χ1) is 16.5. The van der Waals surface area contributed by atoms with Crippen LogP contribution in [0, 0.1) is 13.8 Å². The van der Waals surface area contributed by atoms with E-state index >= 15 is 0 Å². The lowest BCUT2D eigenvalue weighted by Crippen LogP contribution is -2.32. The van der Waals surface area contributed by atoms with Crippen LogP contribution in [0.4, 0.5) is 5.69 Å². The van der Waals surface area contributed by atoms with Gasteiger partial charge < -0.3 is 14.6 Å². The molecule has 0 unspecified atom stereocenters. The fourth-order valence-electron chi connectivity index (χ4n) is 3.90. The Morgan fingerprint density at radius 3 is 2.47 bits per heavy atom. The summed E-state index contributed by atoms with van der Waals surface area (Å²) in [7, 11) is 0. The van der Waals surface area contributed by atoms with Crippen molar-refractivity contribution >= 4 is 34.5 Å². The van der Waals surface area contributed by atoms with Gasteiger partial charge in [0.25, 0.3) is 0 Å². The fraction of sp³-hybridized carbons (Fsp3) is 0.148. The number of ether oxygens (including phenoxy) is 1. The number of aryl methyl sites for hydroxylation is 1. The third-order valence-corrected chi connectivity index (χ3v) is 5.49. The Morgan fingerprint density at radius 1 is 0.971 bits per heavy atom. The summed E-state index contributed by atoms with van der Waals surface area (Å²) < 4.78 is 7.60. The molecule has 2 N–H and O–H groups in total. The highest BCUT2D eigenvalue weighted by Crippen LogP contribution is 2.23. The molecule has 0 aliphatic rings. The summed E-state index contributed by atoms with van der Waals surface area (Å²) >= 11 is 0. The standard InChI is InChI=1S/C27H26N4O3/c1-4-34-23-14-12-22(13-15-23)31-18(2)16-21(19(31)3)17-28-30-27(33)26(32)29-25-11-7-9-20-8-5-6-10-24(20)25/h5-17H,4H2,1-3H3,(H,29,32)(H,30,33)/b28-17-. The summed E-state index contributed by atoms with van der Waals surface area (Å²) in [5.41, 5.74) is 6.69. The number of fused-ring (bicyclic) bond motifs is 1. The second kappa shape index (κ2) is 10.0. The van der Waals surface area contributed by atoms with Gasteiger partial charge in [-0.25, -0.2) is 5.43 Å². The van der Waals surface area contributed by atoms with Gasteiger partial charge >= 0.3 is 11.8 Å². The SMILES string of the molecule is CCOc1ccc(-n2c(C)cc(/C=N\NC(=O)C(=O)Nc3cccc4ccccc34)c2C)cc1. The number of carbonyl (C=O) groups is 2. The molecule has 0 aliphatic carbocycles. The summed E-state index contributed by atoms with van der Waals surface area (Å²) in [6.45, 7) is 6.54. The van der Waals surface area contributed by atoms with E-state index in [1.807, 2.05) is 87.5 Å². The van der Waals surface area contributed by atoms with Crippen molar-refractivity contribution in [2.45, 2.75) is 20.8 Å². The zero-order chi connectivity index (χ0) is 24.1. The van der Waals surface area contributed by atoms with Gasteiger partial charge in [0.2, 0.25) is 0 Å². The molecule has 3 aromatic carbocycles. The van der Waals surface area contributed by atoms with Crippen LogP contribution in [0.3, 0.4) is 0 Å². The van der Waals surface area contributed by atoms with Crippen LogP contribution in [-0.4, -0.2) is 29.2 Å². The van der Waals surface area contributed by atoms with Gasteiger partial charge in [-0.1, -0.05) is 36.4 Å². The van der Waals surface area contributed by atoms with E-state index < -0.39 is 11.8 Å². The lowest BCUT2D eigenvalue weighted by molar-refractivity contribution is -0.136. The van der Waals surface area contributed by atoms with Crippen molar-refractivity contribution in [3.63, 3.8) is 0 Å². The summed E-state index contributed by atoms with van der Waals surface area (Å²) in [6, 6.07) is 23.0. The van der Waals surface area contributed by atoms with E-state index in [1.165, 1.54) is 6.21 Å². The number of hydrazone groups is 1. The first kappa shape index (κ1) is 22.8. The van der Waals surface area contributed by atoms with Gasteiger partial charge in [0.1, 0.15) is 5.75 Å². The van der Waals surface area contributed by atoms with Crippen LogP contribution >= 0.6 is 0 Å². The molecule has 0 atom stereocenters. The molecule has 0 radical (unpaired) electrons. The second-order valence-corrected chi connectivity index (χ2v) is 7.77. The van der Waals surface area contributed by atoms with Crippen molar-refractivity contribution in [2.75, 3.05) is 11.9 Å². The third-order valence-electron chi connectivity index (χ3n) is 5.49. The Morgan fingerprint density at radius 2 is 1.71 bits per heavy atom. The average Bonchev–Trinajstić information content (AvgIpc) is 3.12. The molecule has 1 aromatic heterocycles. The number of aromatic nitrogens is 1. The number of carbonyl (C=O) groups excluding carboxylic acids is 2. The molecule has 34 heavy (non-hydrogen) atoms. The topological polar surface area (TPSA) is 84.7 Å². The van der Waals surface area contributed by atoms with Crippen LogP contribution < -0.4 is 15.5 Å². The van der Waals surface area contributed by atoms with Crippen LogP contribution in [0.5, 0.6) is 5.75 Å². The Balaban J connectivity index is 1.43. The summed E-state index contributed by atoms with van der Waals surface area (Å²) in [6.07, 6.45) is 1.54. The van der Waals surface area contributed by atoms with E-state index in [0.717, 1.165) is 39.2 Å². The molecular formula is C27H26N4O3. The van der Waals surface area contributed by atoms with Gasteiger partial charge in [0.05, 0.1) is 12.8 Å². The van der Waals surface area contributed by atoms with Gasteiger partial charge in [0.15, 0.2) is 0 Å². The zero-order valence-corrected chi connectivity index (χ0v) is 19.3. The number of nitrogens with one attached hydrogen (secondary N) is 2. The van der Waals surface area contributed by atoms with Crippen molar-refractivity contribution in [2.24, 2.45) is 5.10 Å². The lowest BCUT2D eigenvalue weighted by atomic mass is 10.1. The maximum atomic E-state index is 12.4. The highest BCUT2D eigenvalue weighted by Gasteiger charge is 2.15. The number of rotatable bonds is 6. The lowest BCUT2D eigenvalue weighted by Gasteiger charge is -2.11. The smallest absolute Gasteiger partial charge is 0.329 e. The predicted molar refractivity (Wildman–Crippen MR) is 135 cm³/mol. The van der Waals surface area contributed by atoms with Crippen molar-refractivity contribution in [1.82, 2.24) is 9.99 Å². The second-order valence-electron chi connectivity index (χ2n) is 7.77. The van der Waals surface area contributed by atoms with Crippen LogP contribution in [0.25, 0.3) is 16.5 Å². The van der Waals surface area contributed by atoms with Gasteiger partial charge in [-0.2, -0.15) is 5.10 Å². The molecule has 2 amide bonds. The van der Waals surface area contributed by atoms with Crippen molar-refractivity contribution in [1.29, 1.82) is 0 Å². The number of amides is 2. The Hall–Kier alpha value is -4.39. The minimum atomic E-state index is -0.843. The Bertz CT molecular complexity index is 1370. The molecule has 4 rings (SSSR count).